The Morgan fingerprint density at radius 3 is 2.50 bits per heavy atom. The van der Waals surface area contributed by atoms with Crippen LogP contribution >= 0.6 is 0 Å². The van der Waals surface area contributed by atoms with Crippen molar-refractivity contribution in [3.05, 3.63) is 76.1 Å². The Morgan fingerprint density at radius 1 is 1.00 bits per heavy atom. The monoisotopic (exact) mass is 486 g/mol. The van der Waals surface area contributed by atoms with Gasteiger partial charge in [-0.05, 0) is 64.1 Å². The number of benzene rings is 2. The van der Waals surface area contributed by atoms with E-state index in [1.165, 1.54) is 4.68 Å². The van der Waals surface area contributed by atoms with Crippen LogP contribution in [0.4, 0.5) is 0 Å². The molecule has 0 fully saturated rings. The SMILES string of the molecule is COc1cccc(-c2nn(Cc3nc(-c4ccc(OC(C)C)cc4)oc3C)c(=O)c3noc(C)c23)c1. The lowest BCUT2D eigenvalue weighted by Crippen LogP contribution is -2.25. The van der Waals surface area contributed by atoms with E-state index in [4.69, 9.17) is 18.4 Å². The normalized spacial score (nSPS) is 11.4. The molecule has 9 heteroatoms. The van der Waals surface area contributed by atoms with Gasteiger partial charge in [-0.25, -0.2) is 9.67 Å². The molecule has 9 nitrogen and oxygen atoms in total. The molecule has 2 aromatic carbocycles. The first-order valence-electron chi connectivity index (χ1n) is 11.6. The Balaban J connectivity index is 1.54. The zero-order valence-corrected chi connectivity index (χ0v) is 20.7. The molecule has 0 amide bonds. The third-order valence-electron chi connectivity index (χ3n) is 5.77. The van der Waals surface area contributed by atoms with Gasteiger partial charge in [0.05, 0.1) is 25.1 Å². The van der Waals surface area contributed by atoms with Gasteiger partial charge < -0.3 is 18.4 Å². The Bertz CT molecular complexity index is 1600. The summed E-state index contributed by atoms with van der Waals surface area (Å²) in [6.45, 7) is 7.64. The number of ether oxygens (including phenoxy) is 2. The lowest BCUT2D eigenvalue weighted by atomic mass is 10.1. The molecule has 0 unspecified atom stereocenters. The van der Waals surface area contributed by atoms with E-state index < -0.39 is 0 Å². The predicted octanol–water partition coefficient (Wildman–Crippen LogP) is 5.17. The van der Waals surface area contributed by atoms with Gasteiger partial charge in [0.1, 0.15) is 34.4 Å². The van der Waals surface area contributed by atoms with E-state index in [1.807, 2.05) is 69.3 Å². The average Bonchev–Trinajstić information content (AvgIpc) is 3.44. The van der Waals surface area contributed by atoms with Crippen molar-refractivity contribution in [2.75, 3.05) is 7.11 Å². The second-order valence-electron chi connectivity index (χ2n) is 8.72. The number of nitrogens with zero attached hydrogens (tertiary/aromatic N) is 4. The fourth-order valence-corrected chi connectivity index (χ4v) is 4.00. The molecule has 5 rings (SSSR count). The first kappa shape index (κ1) is 23.3. The first-order valence-corrected chi connectivity index (χ1v) is 11.6. The van der Waals surface area contributed by atoms with Crippen molar-refractivity contribution >= 4 is 10.9 Å². The fourth-order valence-electron chi connectivity index (χ4n) is 4.00. The molecule has 0 atom stereocenters. The van der Waals surface area contributed by atoms with Gasteiger partial charge in [0.2, 0.25) is 5.89 Å². The van der Waals surface area contributed by atoms with E-state index in [0.29, 0.717) is 39.9 Å². The molecule has 0 spiro atoms. The van der Waals surface area contributed by atoms with Crippen molar-refractivity contribution in [1.82, 2.24) is 19.9 Å². The number of hydrogen-bond acceptors (Lipinski definition) is 8. The fraction of sp³-hybridized carbons (Fsp3) is 0.259. The molecule has 3 heterocycles. The highest BCUT2D eigenvalue weighted by molar-refractivity contribution is 5.93. The number of rotatable bonds is 7. The van der Waals surface area contributed by atoms with Crippen molar-refractivity contribution in [3.63, 3.8) is 0 Å². The van der Waals surface area contributed by atoms with Crippen LogP contribution in [0.25, 0.3) is 33.6 Å². The maximum atomic E-state index is 13.2. The minimum Gasteiger partial charge on any atom is -0.497 e. The molecule has 36 heavy (non-hydrogen) atoms. The van der Waals surface area contributed by atoms with Gasteiger partial charge in [-0.3, -0.25) is 4.79 Å². The zero-order chi connectivity index (χ0) is 25.4. The summed E-state index contributed by atoms with van der Waals surface area (Å²) < 4.78 is 23.7. The minimum atomic E-state index is -0.368. The van der Waals surface area contributed by atoms with Crippen molar-refractivity contribution in [2.24, 2.45) is 0 Å². The smallest absolute Gasteiger partial charge is 0.297 e. The lowest BCUT2D eigenvalue weighted by molar-refractivity contribution is 0.242. The van der Waals surface area contributed by atoms with Crippen LogP contribution in [0, 0.1) is 13.8 Å². The minimum absolute atomic E-state index is 0.0879. The summed E-state index contributed by atoms with van der Waals surface area (Å²) in [5.74, 6) is 3.02. The number of oxazole rings is 1. The van der Waals surface area contributed by atoms with Crippen molar-refractivity contribution < 1.29 is 18.4 Å². The van der Waals surface area contributed by atoms with Crippen LogP contribution in [0.3, 0.4) is 0 Å². The van der Waals surface area contributed by atoms with Crippen molar-refractivity contribution in [1.29, 1.82) is 0 Å². The average molecular weight is 487 g/mol. The number of methoxy groups -OCH3 is 1. The molecule has 0 aliphatic rings. The van der Waals surface area contributed by atoms with Gasteiger partial charge in [0, 0.05) is 11.1 Å². The molecule has 0 bridgehead atoms. The summed E-state index contributed by atoms with van der Waals surface area (Å²) in [5, 5.41) is 9.28. The van der Waals surface area contributed by atoms with Crippen molar-refractivity contribution in [2.45, 2.75) is 40.3 Å². The molecule has 0 saturated carbocycles. The summed E-state index contributed by atoms with van der Waals surface area (Å²) in [6, 6.07) is 15.0. The zero-order valence-electron chi connectivity index (χ0n) is 20.7. The van der Waals surface area contributed by atoms with Gasteiger partial charge in [0.25, 0.3) is 5.56 Å². The second kappa shape index (κ2) is 9.33. The Labute approximate surface area is 207 Å². The number of hydrogen-bond donors (Lipinski definition) is 0. The van der Waals surface area contributed by atoms with Gasteiger partial charge in [-0.2, -0.15) is 5.10 Å². The summed E-state index contributed by atoms with van der Waals surface area (Å²) >= 11 is 0. The maximum Gasteiger partial charge on any atom is 0.297 e. The predicted molar refractivity (Wildman–Crippen MR) is 134 cm³/mol. The standard InChI is InChI=1S/C27H26N4O5/c1-15(2)34-20-11-9-18(10-12-20)26-28-22(16(3)35-26)14-31-27(32)25-23(17(4)36-30-25)24(29-31)19-7-6-8-21(13-19)33-5/h6-13,15H,14H2,1-5H3. The third kappa shape index (κ3) is 4.35. The summed E-state index contributed by atoms with van der Waals surface area (Å²) in [6.07, 6.45) is 0.0879. The van der Waals surface area contributed by atoms with Crippen LogP contribution in [0.1, 0.15) is 31.1 Å². The first-order chi connectivity index (χ1) is 17.3. The van der Waals surface area contributed by atoms with E-state index in [0.717, 1.165) is 16.9 Å². The topological polar surface area (TPSA) is 105 Å². The molecule has 5 aromatic rings. The highest BCUT2D eigenvalue weighted by Gasteiger charge is 2.21. The van der Waals surface area contributed by atoms with Crippen LogP contribution in [-0.2, 0) is 6.54 Å². The van der Waals surface area contributed by atoms with E-state index in [2.05, 4.69) is 15.2 Å². The van der Waals surface area contributed by atoms with Crippen LogP contribution in [0.15, 0.2) is 62.3 Å². The van der Waals surface area contributed by atoms with Crippen LogP contribution < -0.4 is 15.0 Å². The van der Waals surface area contributed by atoms with Gasteiger partial charge in [0.15, 0.2) is 5.52 Å². The molecule has 0 radical (unpaired) electrons. The molecule has 0 saturated heterocycles. The lowest BCUT2D eigenvalue weighted by Gasteiger charge is -2.09. The van der Waals surface area contributed by atoms with E-state index >= 15 is 0 Å². The molecule has 0 N–H and O–H groups in total. The van der Waals surface area contributed by atoms with Gasteiger partial charge >= 0.3 is 0 Å². The summed E-state index contributed by atoms with van der Waals surface area (Å²) in [7, 11) is 1.60. The summed E-state index contributed by atoms with van der Waals surface area (Å²) in [5.41, 5.74) is 2.60. The highest BCUT2D eigenvalue weighted by Crippen LogP contribution is 2.30. The van der Waals surface area contributed by atoms with Crippen LogP contribution in [0.5, 0.6) is 11.5 Å². The third-order valence-corrected chi connectivity index (χ3v) is 5.77. The Morgan fingerprint density at radius 2 is 1.78 bits per heavy atom. The molecule has 0 aliphatic carbocycles. The molecular formula is C27H26N4O5. The Kier molecular flexibility index (Phi) is 6.05. The number of aromatic nitrogens is 4. The molecular weight excluding hydrogens is 460 g/mol. The van der Waals surface area contributed by atoms with Crippen molar-refractivity contribution in [3.8, 4) is 34.2 Å². The van der Waals surface area contributed by atoms with E-state index in [9.17, 15) is 4.79 Å². The van der Waals surface area contributed by atoms with Gasteiger partial charge in [-0.15, -0.1) is 0 Å². The van der Waals surface area contributed by atoms with E-state index in [1.54, 1.807) is 14.0 Å². The van der Waals surface area contributed by atoms with Crippen LogP contribution in [-0.4, -0.2) is 33.1 Å². The van der Waals surface area contributed by atoms with Gasteiger partial charge in [-0.1, -0.05) is 17.3 Å². The van der Waals surface area contributed by atoms with Crippen LogP contribution in [0.2, 0.25) is 0 Å². The second-order valence-corrected chi connectivity index (χ2v) is 8.72. The highest BCUT2D eigenvalue weighted by atomic mass is 16.5. The largest absolute Gasteiger partial charge is 0.497 e. The molecule has 184 valence electrons. The Hall–Kier alpha value is -4.40. The molecule has 3 aromatic heterocycles. The quantitative estimate of drug-likeness (QED) is 0.310. The summed E-state index contributed by atoms with van der Waals surface area (Å²) in [4.78, 5) is 17.9. The number of aryl methyl sites for hydroxylation is 2. The number of fused-ring (bicyclic) bond motifs is 1. The van der Waals surface area contributed by atoms with E-state index in [-0.39, 0.29) is 23.7 Å². The molecule has 0 aliphatic heterocycles. The maximum absolute atomic E-state index is 13.2.